The number of anilines is 2. The summed E-state index contributed by atoms with van der Waals surface area (Å²) in [4.78, 5) is 58.2. The Labute approximate surface area is 453 Å². The zero-order valence-corrected chi connectivity index (χ0v) is 45.0. The maximum atomic E-state index is 13.0. The van der Waals surface area contributed by atoms with Crippen molar-refractivity contribution >= 4 is 69.6 Å². The first-order valence-corrected chi connectivity index (χ1v) is 25.3. The maximum Gasteiger partial charge on any atom is 0.433 e. The Balaban J connectivity index is 0.000000190. The van der Waals surface area contributed by atoms with Crippen LogP contribution in [0.25, 0.3) is 50.4 Å². The second kappa shape index (κ2) is 23.4. The normalized spacial score (nSPS) is 13.7. The highest BCUT2D eigenvalue weighted by molar-refractivity contribution is 6.65. The monoisotopic (exact) mass is 1080 g/mol. The van der Waals surface area contributed by atoms with Gasteiger partial charge in [0.2, 0.25) is 0 Å². The van der Waals surface area contributed by atoms with Crippen LogP contribution < -0.4 is 10.6 Å². The quantitative estimate of drug-likeness (QED) is 0.0766. The number of nitrogens with zero attached hydrogens (tertiary/aromatic N) is 8. The van der Waals surface area contributed by atoms with Crippen molar-refractivity contribution in [2.24, 2.45) is 10.8 Å². The molecule has 1 saturated heterocycles. The number of nitrogens with one attached hydrogen (secondary N) is 2. The largest absolute Gasteiger partial charge is 0.433 e. The first kappa shape index (κ1) is 57.8. The number of halogens is 7. The third kappa shape index (κ3) is 13.4. The number of hydrogen-bond acceptors (Lipinski definition) is 10. The fourth-order valence-electron chi connectivity index (χ4n) is 8.83. The highest BCUT2D eigenvalue weighted by Gasteiger charge is 2.46. The van der Waals surface area contributed by atoms with Crippen molar-refractivity contribution in [2.75, 3.05) is 10.6 Å². The van der Waals surface area contributed by atoms with Gasteiger partial charge in [0, 0.05) is 82.0 Å². The fraction of sp³-hybridized carbons (Fsp3) is 0.276. The van der Waals surface area contributed by atoms with Gasteiger partial charge in [-0.05, 0) is 114 Å². The topological polar surface area (TPSA) is 161 Å². The highest BCUT2D eigenvalue weighted by Crippen LogP contribution is 2.53. The van der Waals surface area contributed by atoms with Gasteiger partial charge in [0.25, 0.3) is 11.8 Å². The summed E-state index contributed by atoms with van der Waals surface area (Å²) in [6, 6.07) is 18.0. The molecule has 9 rings (SSSR count). The lowest BCUT2D eigenvalue weighted by Crippen LogP contribution is -2.24. The average Bonchev–Trinajstić information content (AvgIpc) is 3.66. The molecule has 8 aromatic rings. The summed E-state index contributed by atoms with van der Waals surface area (Å²) in [5, 5.41) is 6.98. The van der Waals surface area contributed by atoms with Crippen LogP contribution in [0.4, 0.5) is 37.7 Å². The van der Waals surface area contributed by atoms with Crippen molar-refractivity contribution in [1.29, 1.82) is 0 Å². The number of alkyl halides is 6. The van der Waals surface area contributed by atoms with Gasteiger partial charge in [-0.1, -0.05) is 84.5 Å². The standard InChI is InChI=1S/C25H20F3N5O.C23H17ClF3N5O.C10H19B/c1-4-20-19(10-16-13-30-22(5-2)33-23(16)32-20)18-12-17(7-6-14(18)3)31-24(34)15-8-9-29-21(11-15)25(26,27)28;1-3-19-29-11-14-8-17(20(24)32-21(14)31-19)16-10-15(5-4-12(16)2)30-22(33)13-6-7-28-18(9-13)23(25,26)27;1-6-11-7-9(2,3)10(4,5)8-11/h4,6-13H,1,5H2,2-3H3,(H,31,34);4-11H,3H2,1-2H3,(H,30,33);6H,1,7-8H2,2-5H3. The van der Waals surface area contributed by atoms with Crippen molar-refractivity contribution in [3.63, 3.8) is 0 Å². The SMILES string of the molecule is C=CB1CC(C)(C)C(C)(C)C1.C=Cc1nc2nc(CC)ncc2cc1-c1cc(NC(=O)c2ccnc(C(F)(F)F)c2)ccc1C.CCc1ncc2cc(-c3cc(NC(=O)c4ccnc(C(F)(F)F)c4)ccc3C)c(Cl)nc2n1. The van der Waals surface area contributed by atoms with Crippen LogP contribution in [-0.4, -0.2) is 58.4 Å². The summed E-state index contributed by atoms with van der Waals surface area (Å²) in [5.41, 5.74) is 5.54. The minimum absolute atomic E-state index is 0.146. The van der Waals surface area contributed by atoms with E-state index >= 15 is 0 Å². The number of amides is 2. The van der Waals surface area contributed by atoms with Crippen LogP contribution in [-0.2, 0) is 25.2 Å². The molecule has 0 bridgehead atoms. The van der Waals surface area contributed by atoms with Crippen molar-refractivity contribution in [1.82, 2.24) is 39.9 Å². The third-order valence-electron chi connectivity index (χ3n) is 14.0. The molecule has 0 radical (unpaired) electrons. The molecule has 78 heavy (non-hydrogen) atoms. The van der Waals surface area contributed by atoms with Gasteiger partial charge in [0.15, 0.2) is 18.0 Å². The summed E-state index contributed by atoms with van der Waals surface area (Å²) >= 11 is 6.45. The molecular formula is C58H56BClF6N10O2. The molecule has 0 unspecified atom stereocenters. The van der Waals surface area contributed by atoms with E-state index in [1.165, 1.54) is 24.8 Å². The lowest BCUT2D eigenvalue weighted by Gasteiger charge is -2.35. The van der Waals surface area contributed by atoms with E-state index in [4.69, 9.17) is 11.6 Å². The highest BCUT2D eigenvalue weighted by atomic mass is 35.5. The lowest BCUT2D eigenvalue weighted by atomic mass is 9.47. The van der Waals surface area contributed by atoms with Gasteiger partial charge < -0.3 is 10.6 Å². The van der Waals surface area contributed by atoms with E-state index in [1.807, 2.05) is 45.9 Å². The Kier molecular flexibility index (Phi) is 17.3. The van der Waals surface area contributed by atoms with Gasteiger partial charge in [-0.25, -0.2) is 29.9 Å². The molecule has 6 aromatic heterocycles. The van der Waals surface area contributed by atoms with Crippen LogP contribution in [0.15, 0.2) is 117 Å². The van der Waals surface area contributed by atoms with E-state index in [-0.39, 0.29) is 16.3 Å². The molecule has 1 fully saturated rings. The summed E-state index contributed by atoms with van der Waals surface area (Å²) in [6.45, 7) is 25.7. The van der Waals surface area contributed by atoms with E-state index in [2.05, 4.69) is 97.3 Å². The number of carbonyl (C=O) groups is 2. The van der Waals surface area contributed by atoms with Gasteiger partial charge in [-0.15, -0.1) is 12.6 Å². The summed E-state index contributed by atoms with van der Waals surface area (Å²) in [7, 11) is 0. The predicted molar refractivity (Wildman–Crippen MR) is 296 cm³/mol. The van der Waals surface area contributed by atoms with Crippen LogP contribution in [0.5, 0.6) is 0 Å². The predicted octanol–water partition coefficient (Wildman–Crippen LogP) is 15.0. The van der Waals surface area contributed by atoms with E-state index in [9.17, 15) is 35.9 Å². The number of benzene rings is 2. The van der Waals surface area contributed by atoms with Crippen molar-refractivity contribution in [3.8, 4) is 22.3 Å². The van der Waals surface area contributed by atoms with Gasteiger partial charge in [0.1, 0.15) is 28.2 Å². The Bertz CT molecular complexity index is 3570. The molecule has 2 amide bonds. The molecule has 20 heteroatoms. The molecule has 2 aromatic carbocycles. The second-order valence-corrected chi connectivity index (χ2v) is 20.4. The van der Waals surface area contributed by atoms with Crippen LogP contribution in [0, 0.1) is 24.7 Å². The summed E-state index contributed by atoms with van der Waals surface area (Å²) in [5.74, 6) is 2.10. The number of aryl methyl sites for hydroxylation is 4. The van der Waals surface area contributed by atoms with Gasteiger partial charge in [-0.3, -0.25) is 19.6 Å². The first-order chi connectivity index (χ1) is 36.7. The Morgan fingerprint density at radius 1 is 0.615 bits per heavy atom. The molecule has 402 valence electrons. The number of pyridine rings is 4. The average molecular weight is 1090 g/mol. The number of carbonyl (C=O) groups excluding carboxylic acids is 2. The molecule has 0 aliphatic carbocycles. The molecule has 0 saturated carbocycles. The van der Waals surface area contributed by atoms with Gasteiger partial charge in [0.05, 0.1) is 5.69 Å². The molecule has 0 spiro atoms. The second-order valence-electron chi connectivity index (χ2n) is 20.1. The Morgan fingerprint density at radius 2 is 1.05 bits per heavy atom. The Hall–Kier alpha value is -7.93. The van der Waals surface area contributed by atoms with Crippen molar-refractivity contribution < 1.29 is 35.9 Å². The van der Waals surface area contributed by atoms with E-state index in [0.717, 1.165) is 52.8 Å². The molecule has 2 N–H and O–H groups in total. The van der Waals surface area contributed by atoms with Crippen LogP contribution in [0.3, 0.4) is 0 Å². The van der Waals surface area contributed by atoms with Crippen molar-refractivity contribution in [2.45, 2.75) is 93.2 Å². The Morgan fingerprint density at radius 3 is 1.46 bits per heavy atom. The first-order valence-electron chi connectivity index (χ1n) is 24.9. The number of hydrogen-bond donors (Lipinski definition) is 2. The number of aromatic nitrogens is 8. The molecular weight excluding hydrogens is 1030 g/mol. The summed E-state index contributed by atoms with van der Waals surface area (Å²) in [6.07, 6.45) is 1.62. The number of rotatable bonds is 10. The lowest BCUT2D eigenvalue weighted by molar-refractivity contribution is -0.142. The van der Waals surface area contributed by atoms with Crippen LogP contribution in [0.2, 0.25) is 17.8 Å². The van der Waals surface area contributed by atoms with Crippen LogP contribution >= 0.6 is 11.6 Å². The summed E-state index contributed by atoms with van der Waals surface area (Å²) < 4.78 is 77.6. The maximum absolute atomic E-state index is 13.0. The van der Waals surface area contributed by atoms with E-state index in [0.29, 0.717) is 86.3 Å². The minimum atomic E-state index is -4.64. The number of fused-ring (bicyclic) bond motifs is 2. The van der Waals surface area contributed by atoms with E-state index < -0.39 is 35.6 Å². The minimum Gasteiger partial charge on any atom is -0.322 e. The van der Waals surface area contributed by atoms with E-state index in [1.54, 1.807) is 48.8 Å². The van der Waals surface area contributed by atoms with Crippen LogP contribution in [0.1, 0.15) is 102 Å². The third-order valence-corrected chi connectivity index (χ3v) is 14.2. The fourth-order valence-corrected chi connectivity index (χ4v) is 9.07. The smallest absolute Gasteiger partial charge is 0.322 e. The molecule has 12 nitrogen and oxygen atoms in total. The zero-order chi connectivity index (χ0) is 56.9. The molecule has 1 aliphatic heterocycles. The van der Waals surface area contributed by atoms with Crippen molar-refractivity contribution in [3.05, 3.63) is 173 Å². The zero-order valence-electron chi connectivity index (χ0n) is 44.3. The van der Waals surface area contributed by atoms with Gasteiger partial charge in [-0.2, -0.15) is 26.3 Å². The molecule has 0 atom stereocenters. The van der Waals surface area contributed by atoms with Gasteiger partial charge >= 0.3 is 12.4 Å². The molecule has 1 aliphatic rings. The molecule has 7 heterocycles.